The molecular formula is C16H19NO7. The molecule has 0 fully saturated rings. The highest BCUT2D eigenvalue weighted by molar-refractivity contribution is 5.72. The SMILES string of the molecule is COC(=O)CCCC(=O)OCCOc1ccc(/C=C/[N+](=O)[O-])cc1. The molecule has 0 bridgehead atoms. The van der Waals surface area contributed by atoms with Crippen LogP contribution in [0.25, 0.3) is 6.08 Å². The lowest BCUT2D eigenvalue weighted by molar-refractivity contribution is -0.400. The molecule has 0 aromatic heterocycles. The van der Waals surface area contributed by atoms with Gasteiger partial charge in [-0.1, -0.05) is 12.1 Å². The summed E-state index contributed by atoms with van der Waals surface area (Å²) in [5, 5.41) is 10.2. The van der Waals surface area contributed by atoms with Crippen molar-refractivity contribution in [3.63, 3.8) is 0 Å². The summed E-state index contributed by atoms with van der Waals surface area (Å²) < 4.78 is 14.8. The molecule has 0 aliphatic carbocycles. The molecule has 24 heavy (non-hydrogen) atoms. The number of ether oxygens (including phenoxy) is 3. The molecule has 0 spiro atoms. The van der Waals surface area contributed by atoms with Crippen LogP contribution in [0.3, 0.4) is 0 Å². The van der Waals surface area contributed by atoms with E-state index in [4.69, 9.17) is 9.47 Å². The van der Waals surface area contributed by atoms with E-state index in [1.165, 1.54) is 13.2 Å². The molecular weight excluding hydrogens is 318 g/mol. The predicted octanol–water partition coefficient (Wildman–Crippen LogP) is 2.20. The molecule has 0 aliphatic rings. The lowest BCUT2D eigenvalue weighted by Gasteiger charge is -2.07. The van der Waals surface area contributed by atoms with Crippen LogP contribution in [-0.2, 0) is 19.1 Å². The van der Waals surface area contributed by atoms with Gasteiger partial charge < -0.3 is 14.2 Å². The van der Waals surface area contributed by atoms with Crippen molar-refractivity contribution in [1.82, 2.24) is 0 Å². The summed E-state index contributed by atoms with van der Waals surface area (Å²) in [4.78, 5) is 32.0. The topological polar surface area (TPSA) is 105 Å². The van der Waals surface area contributed by atoms with E-state index in [1.54, 1.807) is 24.3 Å². The first-order chi connectivity index (χ1) is 11.5. The van der Waals surface area contributed by atoms with Crippen LogP contribution >= 0.6 is 0 Å². The van der Waals surface area contributed by atoms with E-state index < -0.39 is 10.9 Å². The number of nitrogens with zero attached hydrogens (tertiary/aromatic N) is 1. The maximum Gasteiger partial charge on any atom is 0.305 e. The first-order valence-corrected chi connectivity index (χ1v) is 7.28. The van der Waals surface area contributed by atoms with Gasteiger partial charge in [-0.2, -0.15) is 0 Å². The minimum Gasteiger partial charge on any atom is -0.490 e. The zero-order valence-corrected chi connectivity index (χ0v) is 13.3. The van der Waals surface area contributed by atoms with Crippen LogP contribution < -0.4 is 4.74 Å². The Balaban J connectivity index is 2.19. The zero-order chi connectivity index (χ0) is 17.8. The van der Waals surface area contributed by atoms with Crippen LogP contribution in [0.1, 0.15) is 24.8 Å². The van der Waals surface area contributed by atoms with Gasteiger partial charge in [0.2, 0.25) is 6.20 Å². The van der Waals surface area contributed by atoms with Gasteiger partial charge in [0.05, 0.1) is 12.0 Å². The van der Waals surface area contributed by atoms with Gasteiger partial charge in [0.25, 0.3) is 0 Å². The molecule has 1 rings (SSSR count). The maximum atomic E-state index is 11.4. The molecule has 0 atom stereocenters. The predicted molar refractivity (Wildman–Crippen MR) is 84.8 cm³/mol. The van der Waals surface area contributed by atoms with Crippen LogP contribution in [-0.4, -0.2) is 37.2 Å². The molecule has 8 nitrogen and oxygen atoms in total. The second-order valence-corrected chi connectivity index (χ2v) is 4.67. The summed E-state index contributed by atoms with van der Waals surface area (Å²) in [5.41, 5.74) is 0.677. The van der Waals surface area contributed by atoms with Gasteiger partial charge in [-0.3, -0.25) is 19.7 Å². The van der Waals surface area contributed by atoms with Crippen LogP contribution in [0.5, 0.6) is 5.75 Å². The van der Waals surface area contributed by atoms with Crippen LogP contribution in [0.2, 0.25) is 0 Å². The Morgan fingerprint density at radius 3 is 2.42 bits per heavy atom. The molecule has 0 amide bonds. The van der Waals surface area contributed by atoms with Crippen molar-refractivity contribution in [2.24, 2.45) is 0 Å². The van der Waals surface area contributed by atoms with Crippen molar-refractivity contribution in [1.29, 1.82) is 0 Å². The minimum absolute atomic E-state index is 0.0973. The Bertz CT molecular complexity index is 581. The van der Waals surface area contributed by atoms with Gasteiger partial charge in [0.15, 0.2) is 0 Å². The van der Waals surface area contributed by atoms with E-state index >= 15 is 0 Å². The number of hydrogen-bond donors (Lipinski definition) is 0. The Labute approximate surface area is 139 Å². The summed E-state index contributed by atoms with van der Waals surface area (Å²) in [6.45, 7) is 0.285. The Morgan fingerprint density at radius 2 is 1.79 bits per heavy atom. The van der Waals surface area contributed by atoms with Crippen molar-refractivity contribution < 1.29 is 28.7 Å². The number of esters is 2. The summed E-state index contributed by atoms with van der Waals surface area (Å²) >= 11 is 0. The third kappa shape index (κ3) is 8.52. The highest BCUT2D eigenvalue weighted by atomic mass is 16.6. The number of nitro groups is 1. The van der Waals surface area contributed by atoms with Crippen LogP contribution in [0.15, 0.2) is 30.5 Å². The van der Waals surface area contributed by atoms with Crippen LogP contribution in [0.4, 0.5) is 0 Å². The van der Waals surface area contributed by atoms with Gasteiger partial charge in [-0.05, 0) is 24.1 Å². The van der Waals surface area contributed by atoms with Crippen LogP contribution in [0, 0.1) is 10.1 Å². The van der Waals surface area contributed by atoms with Crippen molar-refractivity contribution in [2.75, 3.05) is 20.3 Å². The number of hydrogen-bond acceptors (Lipinski definition) is 7. The van der Waals surface area contributed by atoms with E-state index in [1.807, 2.05) is 0 Å². The molecule has 0 saturated heterocycles. The first-order valence-electron chi connectivity index (χ1n) is 7.28. The zero-order valence-electron chi connectivity index (χ0n) is 13.3. The van der Waals surface area contributed by atoms with E-state index in [0.29, 0.717) is 17.7 Å². The first kappa shape index (κ1) is 19.1. The molecule has 0 unspecified atom stereocenters. The molecule has 0 N–H and O–H groups in total. The fourth-order valence-electron chi connectivity index (χ4n) is 1.69. The third-order valence-corrected chi connectivity index (χ3v) is 2.87. The summed E-state index contributed by atoms with van der Waals surface area (Å²) in [6.07, 6.45) is 2.94. The normalized spacial score (nSPS) is 10.4. The number of benzene rings is 1. The van der Waals surface area contributed by atoms with Gasteiger partial charge in [0.1, 0.15) is 19.0 Å². The molecule has 130 valence electrons. The van der Waals surface area contributed by atoms with Gasteiger partial charge in [0, 0.05) is 18.9 Å². The summed E-state index contributed by atoms with van der Waals surface area (Å²) in [5.74, 6) is -0.194. The standard InChI is InChI=1S/C16H19NO7/c1-22-15(18)3-2-4-16(19)24-12-11-23-14-7-5-13(6-8-14)9-10-17(20)21/h5-10H,2-4,11-12H2,1H3/b10-9+. The van der Waals surface area contributed by atoms with E-state index in [2.05, 4.69) is 4.74 Å². The van der Waals surface area contributed by atoms with Gasteiger partial charge >= 0.3 is 11.9 Å². The highest BCUT2D eigenvalue weighted by Gasteiger charge is 2.06. The quantitative estimate of drug-likeness (QED) is 0.279. The molecule has 8 heteroatoms. The van der Waals surface area contributed by atoms with Crippen molar-refractivity contribution in [3.8, 4) is 5.75 Å². The highest BCUT2D eigenvalue weighted by Crippen LogP contribution is 2.13. The van der Waals surface area contributed by atoms with Gasteiger partial charge in [-0.15, -0.1) is 0 Å². The van der Waals surface area contributed by atoms with Gasteiger partial charge in [-0.25, -0.2) is 0 Å². The second kappa shape index (κ2) is 10.8. The van der Waals surface area contributed by atoms with E-state index in [-0.39, 0.29) is 32.0 Å². The van der Waals surface area contributed by atoms with Crippen molar-refractivity contribution >= 4 is 18.0 Å². The Kier molecular flexibility index (Phi) is 8.59. The molecule has 0 saturated carbocycles. The number of rotatable bonds is 10. The minimum atomic E-state index is -0.538. The fourth-order valence-corrected chi connectivity index (χ4v) is 1.69. The summed E-state index contributed by atoms with van der Waals surface area (Å²) in [6, 6.07) is 6.68. The molecule has 0 heterocycles. The average Bonchev–Trinajstić information content (AvgIpc) is 2.57. The lowest BCUT2D eigenvalue weighted by Crippen LogP contribution is -2.12. The smallest absolute Gasteiger partial charge is 0.305 e. The Hall–Kier alpha value is -2.90. The largest absolute Gasteiger partial charge is 0.490 e. The summed E-state index contributed by atoms with van der Waals surface area (Å²) in [7, 11) is 1.29. The Morgan fingerprint density at radius 1 is 1.12 bits per heavy atom. The number of carbonyl (C=O) groups excluding carboxylic acids is 2. The fraction of sp³-hybridized carbons (Fsp3) is 0.375. The average molecular weight is 337 g/mol. The molecule has 0 radical (unpaired) electrons. The molecule has 1 aromatic carbocycles. The van der Waals surface area contributed by atoms with E-state index in [9.17, 15) is 19.7 Å². The van der Waals surface area contributed by atoms with Crippen molar-refractivity contribution in [3.05, 3.63) is 46.1 Å². The lowest BCUT2D eigenvalue weighted by atomic mass is 10.2. The monoisotopic (exact) mass is 337 g/mol. The number of methoxy groups -OCH3 is 1. The molecule has 0 aliphatic heterocycles. The second-order valence-electron chi connectivity index (χ2n) is 4.67. The molecule has 1 aromatic rings. The number of carbonyl (C=O) groups is 2. The van der Waals surface area contributed by atoms with Crippen molar-refractivity contribution in [2.45, 2.75) is 19.3 Å². The van der Waals surface area contributed by atoms with E-state index in [0.717, 1.165) is 6.20 Å². The third-order valence-electron chi connectivity index (χ3n) is 2.87. The maximum absolute atomic E-state index is 11.4.